The number of hydrogen-bond acceptors (Lipinski definition) is 7. The van der Waals surface area contributed by atoms with E-state index in [2.05, 4.69) is 15.4 Å². The lowest BCUT2D eigenvalue weighted by atomic mass is 10.2. The molecule has 162 valence electrons. The molecule has 1 N–H and O–H groups in total. The molecule has 1 amide bonds. The highest BCUT2D eigenvalue weighted by Gasteiger charge is 2.19. The Hall–Kier alpha value is -3.85. The van der Waals surface area contributed by atoms with Crippen LogP contribution in [0.4, 0.5) is 5.82 Å². The maximum Gasteiger partial charge on any atom is 0.292 e. The summed E-state index contributed by atoms with van der Waals surface area (Å²) < 4.78 is 19.3. The Kier molecular flexibility index (Phi) is 5.02. The van der Waals surface area contributed by atoms with E-state index in [0.717, 1.165) is 27.0 Å². The molecule has 0 bridgehead atoms. The van der Waals surface area contributed by atoms with Crippen molar-refractivity contribution in [2.75, 3.05) is 19.0 Å². The number of benzene rings is 2. The summed E-state index contributed by atoms with van der Waals surface area (Å²) in [5, 5.41) is 8.84. The number of aromatic nitrogens is 3. The monoisotopic (exact) mass is 448 g/mol. The molecule has 0 saturated heterocycles. The average Bonchev–Trinajstić information content (AvgIpc) is 3.49. The minimum atomic E-state index is -0.382. The van der Waals surface area contributed by atoms with Gasteiger partial charge in [-0.05, 0) is 38.1 Å². The number of carbonyl (C=O) groups excluding carboxylic acids is 1. The van der Waals surface area contributed by atoms with Gasteiger partial charge in [0.05, 0.1) is 29.6 Å². The first-order valence-electron chi connectivity index (χ1n) is 10.0. The van der Waals surface area contributed by atoms with Crippen molar-refractivity contribution < 1.29 is 18.7 Å². The Morgan fingerprint density at radius 3 is 2.91 bits per heavy atom. The second-order valence-electron chi connectivity index (χ2n) is 7.09. The van der Waals surface area contributed by atoms with E-state index in [1.807, 2.05) is 50.2 Å². The highest BCUT2D eigenvalue weighted by Crippen LogP contribution is 2.31. The Balaban J connectivity index is 1.47. The molecule has 32 heavy (non-hydrogen) atoms. The molecule has 0 unspecified atom stereocenters. The van der Waals surface area contributed by atoms with Gasteiger partial charge in [-0.1, -0.05) is 23.5 Å². The topological polar surface area (TPSA) is 91.4 Å². The van der Waals surface area contributed by atoms with Gasteiger partial charge in [0.2, 0.25) is 5.13 Å². The number of anilines is 1. The van der Waals surface area contributed by atoms with E-state index in [1.54, 1.807) is 23.9 Å². The molecular formula is C23H20N4O4S. The normalized spacial score (nSPS) is 11.2. The zero-order valence-electron chi connectivity index (χ0n) is 17.7. The first-order valence-corrected chi connectivity index (χ1v) is 10.9. The molecular weight excluding hydrogens is 428 g/mol. The molecule has 5 aromatic rings. The number of furan rings is 1. The van der Waals surface area contributed by atoms with Gasteiger partial charge in [0.25, 0.3) is 5.91 Å². The largest absolute Gasteiger partial charge is 0.497 e. The van der Waals surface area contributed by atoms with E-state index in [9.17, 15) is 4.79 Å². The fourth-order valence-corrected chi connectivity index (χ4v) is 4.35. The van der Waals surface area contributed by atoms with E-state index in [1.165, 1.54) is 11.3 Å². The molecule has 8 nitrogen and oxygen atoms in total. The van der Waals surface area contributed by atoms with Crippen LogP contribution in [0.25, 0.3) is 26.3 Å². The van der Waals surface area contributed by atoms with E-state index < -0.39 is 0 Å². The number of amides is 1. The maximum atomic E-state index is 13.0. The predicted molar refractivity (Wildman–Crippen MR) is 123 cm³/mol. The Morgan fingerprint density at radius 2 is 2.09 bits per heavy atom. The summed E-state index contributed by atoms with van der Waals surface area (Å²) in [7, 11) is 1.62. The minimum absolute atomic E-state index is 0.187. The van der Waals surface area contributed by atoms with Gasteiger partial charge in [0.1, 0.15) is 11.6 Å². The van der Waals surface area contributed by atoms with Crippen LogP contribution in [-0.4, -0.2) is 34.4 Å². The van der Waals surface area contributed by atoms with Gasteiger partial charge in [0, 0.05) is 17.5 Å². The van der Waals surface area contributed by atoms with Crippen molar-refractivity contribution in [2.45, 2.75) is 13.8 Å². The van der Waals surface area contributed by atoms with Gasteiger partial charge in [0.15, 0.2) is 17.1 Å². The number of para-hydroxylation sites is 1. The SMILES string of the molecule is CCOc1cccc2cc(C(=O)Nc3cc(C)nn3-c3nc4cc(OC)ccc4s3)oc12. The van der Waals surface area contributed by atoms with Crippen LogP contribution >= 0.6 is 11.3 Å². The lowest BCUT2D eigenvalue weighted by Gasteiger charge is -2.05. The number of ether oxygens (including phenoxy) is 2. The number of fused-ring (bicyclic) bond motifs is 2. The summed E-state index contributed by atoms with van der Waals surface area (Å²) in [6, 6.07) is 14.8. The molecule has 2 aromatic carbocycles. The lowest BCUT2D eigenvalue weighted by molar-refractivity contribution is 0.0998. The van der Waals surface area contributed by atoms with Crippen molar-refractivity contribution in [1.29, 1.82) is 0 Å². The molecule has 3 heterocycles. The van der Waals surface area contributed by atoms with Gasteiger partial charge in [-0.15, -0.1) is 0 Å². The first kappa shape index (κ1) is 20.1. The van der Waals surface area contributed by atoms with Gasteiger partial charge in [-0.2, -0.15) is 9.78 Å². The molecule has 0 aliphatic carbocycles. The fourth-order valence-electron chi connectivity index (χ4n) is 3.44. The molecule has 9 heteroatoms. The lowest BCUT2D eigenvalue weighted by Crippen LogP contribution is -2.14. The van der Waals surface area contributed by atoms with Crippen LogP contribution in [0.5, 0.6) is 11.5 Å². The number of hydrogen-bond donors (Lipinski definition) is 1. The second kappa shape index (κ2) is 8.01. The number of thiazole rings is 1. The minimum Gasteiger partial charge on any atom is -0.497 e. The van der Waals surface area contributed by atoms with E-state index >= 15 is 0 Å². The van der Waals surface area contributed by atoms with Crippen LogP contribution in [0.15, 0.2) is 52.9 Å². The average molecular weight is 449 g/mol. The zero-order chi connectivity index (χ0) is 22.2. The smallest absolute Gasteiger partial charge is 0.292 e. The third kappa shape index (κ3) is 3.56. The van der Waals surface area contributed by atoms with Crippen molar-refractivity contribution in [2.24, 2.45) is 0 Å². The van der Waals surface area contributed by atoms with Crippen LogP contribution in [0, 0.1) is 6.92 Å². The summed E-state index contributed by atoms with van der Waals surface area (Å²) in [6.45, 7) is 4.27. The number of carbonyl (C=O) groups is 1. The summed E-state index contributed by atoms with van der Waals surface area (Å²) in [4.78, 5) is 17.6. The fraction of sp³-hybridized carbons (Fsp3) is 0.174. The van der Waals surface area contributed by atoms with Gasteiger partial charge >= 0.3 is 0 Å². The summed E-state index contributed by atoms with van der Waals surface area (Å²) in [5.41, 5.74) is 2.10. The van der Waals surface area contributed by atoms with Gasteiger partial charge in [-0.25, -0.2) is 4.98 Å². The van der Waals surface area contributed by atoms with Crippen LogP contribution in [-0.2, 0) is 0 Å². The van der Waals surface area contributed by atoms with Crippen molar-refractivity contribution in [1.82, 2.24) is 14.8 Å². The highest BCUT2D eigenvalue weighted by atomic mass is 32.1. The molecule has 3 aromatic heterocycles. The quantitative estimate of drug-likeness (QED) is 0.384. The summed E-state index contributed by atoms with van der Waals surface area (Å²) in [5.74, 6) is 1.65. The molecule has 0 saturated carbocycles. The summed E-state index contributed by atoms with van der Waals surface area (Å²) in [6.07, 6.45) is 0. The second-order valence-corrected chi connectivity index (χ2v) is 8.09. The zero-order valence-corrected chi connectivity index (χ0v) is 18.5. The Labute approximate surface area is 187 Å². The van der Waals surface area contributed by atoms with Crippen LogP contribution in [0.2, 0.25) is 0 Å². The van der Waals surface area contributed by atoms with E-state index in [0.29, 0.717) is 28.9 Å². The molecule has 0 aliphatic heterocycles. The molecule has 0 fully saturated rings. The van der Waals surface area contributed by atoms with E-state index in [-0.39, 0.29) is 11.7 Å². The predicted octanol–water partition coefficient (Wildman–Crippen LogP) is 5.20. The number of nitrogens with one attached hydrogen (secondary N) is 1. The van der Waals surface area contributed by atoms with Crippen LogP contribution in [0.3, 0.4) is 0 Å². The van der Waals surface area contributed by atoms with Crippen molar-refractivity contribution >= 4 is 44.2 Å². The number of rotatable bonds is 6. The van der Waals surface area contributed by atoms with Crippen molar-refractivity contribution in [3.05, 3.63) is 60.0 Å². The maximum absolute atomic E-state index is 13.0. The van der Waals surface area contributed by atoms with Gasteiger partial charge in [-0.3, -0.25) is 4.79 Å². The number of nitrogens with zero attached hydrogens (tertiary/aromatic N) is 3. The molecule has 0 aliphatic rings. The molecule has 5 rings (SSSR count). The molecule has 0 spiro atoms. The standard InChI is InChI=1S/C23H20N4O4S/c1-4-30-17-7-5-6-14-11-18(31-21(14)17)22(28)25-20-10-13(2)26-27(20)23-24-16-12-15(29-3)8-9-19(16)32-23/h5-12H,4H2,1-3H3,(H,25,28). The number of aryl methyl sites for hydroxylation is 1. The third-order valence-corrected chi connectivity index (χ3v) is 5.88. The van der Waals surface area contributed by atoms with Crippen LogP contribution in [0.1, 0.15) is 23.2 Å². The summed E-state index contributed by atoms with van der Waals surface area (Å²) >= 11 is 1.47. The third-order valence-electron chi connectivity index (χ3n) is 4.87. The molecule has 0 atom stereocenters. The van der Waals surface area contributed by atoms with Crippen molar-refractivity contribution in [3.8, 4) is 16.6 Å². The van der Waals surface area contributed by atoms with Crippen molar-refractivity contribution in [3.63, 3.8) is 0 Å². The Morgan fingerprint density at radius 1 is 1.22 bits per heavy atom. The van der Waals surface area contributed by atoms with Gasteiger partial charge < -0.3 is 19.2 Å². The highest BCUT2D eigenvalue weighted by molar-refractivity contribution is 7.20. The first-order chi connectivity index (χ1) is 15.6. The van der Waals surface area contributed by atoms with E-state index in [4.69, 9.17) is 13.9 Å². The van der Waals surface area contributed by atoms with Crippen LogP contribution < -0.4 is 14.8 Å². The molecule has 0 radical (unpaired) electrons. The number of methoxy groups -OCH3 is 1. The Bertz CT molecular complexity index is 1450.